The lowest BCUT2D eigenvalue weighted by atomic mass is 10.1. The molecule has 106 valence electrons. The number of hydrogen-bond donors (Lipinski definition) is 1. The summed E-state index contributed by atoms with van der Waals surface area (Å²) in [5.74, 6) is -1.36. The lowest BCUT2D eigenvalue weighted by molar-refractivity contribution is -0.141. The average Bonchev–Trinajstić information content (AvgIpc) is 2.82. The van der Waals surface area contributed by atoms with Gasteiger partial charge in [-0.3, -0.25) is 4.79 Å². The Morgan fingerprint density at radius 2 is 2.25 bits per heavy atom. The van der Waals surface area contributed by atoms with E-state index in [-0.39, 0.29) is 0 Å². The summed E-state index contributed by atoms with van der Waals surface area (Å²) in [6.45, 7) is 1.97. The van der Waals surface area contributed by atoms with Gasteiger partial charge < -0.3 is 5.11 Å². The molecule has 6 nitrogen and oxygen atoms in total. The zero-order valence-corrected chi connectivity index (χ0v) is 12.2. The lowest BCUT2D eigenvalue weighted by Gasteiger charge is -2.08. The molecule has 0 aliphatic carbocycles. The summed E-state index contributed by atoms with van der Waals surface area (Å²) >= 11 is 3.21. The van der Waals surface area contributed by atoms with E-state index in [1.165, 1.54) is 16.8 Å². The van der Waals surface area contributed by atoms with Crippen molar-refractivity contribution in [2.75, 3.05) is 0 Å². The highest BCUT2D eigenvalue weighted by Crippen LogP contribution is 2.23. The van der Waals surface area contributed by atoms with Gasteiger partial charge in [-0.1, -0.05) is 22.9 Å². The topological polar surface area (TPSA) is 80.9 Å². The first kappa shape index (κ1) is 14.6. The monoisotopic (exact) mass is 342 g/mol. The number of benzene rings is 1. The molecule has 0 saturated heterocycles. The number of carboxylic acids is 1. The second kappa shape index (κ2) is 6.08. The van der Waals surface area contributed by atoms with Crippen LogP contribution in [-0.4, -0.2) is 31.3 Å². The van der Waals surface area contributed by atoms with Crippen LogP contribution in [-0.2, 0) is 11.3 Å². The number of rotatable bonds is 5. The molecule has 8 heteroatoms. The second-order valence-electron chi connectivity index (χ2n) is 4.41. The number of tetrazole rings is 1. The van der Waals surface area contributed by atoms with Crippen molar-refractivity contribution in [3.05, 3.63) is 28.5 Å². The van der Waals surface area contributed by atoms with E-state index in [9.17, 15) is 9.18 Å². The van der Waals surface area contributed by atoms with E-state index in [1.54, 1.807) is 13.0 Å². The van der Waals surface area contributed by atoms with Gasteiger partial charge in [-0.2, -0.15) is 0 Å². The number of carbonyl (C=O) groups is 1. The average molecular weight is 343 g/mol. The van der Waals surface area contributed by atoms with Crippen molar-refractivity contribution < 1.29 is 14.3 Å². The summed E-state index contributed by atoms with van der Waals surface area (Å²) in [4.78, 5) is 10.8. The van der Waals surface area contributed by atoms with Gasteiger partial charge in [-0.25, -0.2) is 9.07 Å². The van der Waals surface area contributed by atoms with Gasteiger partial charge in [0, 0.05) is 16.6 Å². The molecule has 1 N–H and O–H groups in total. The third-order valence-electron chi connectivity index (χ3n) is 2.85. The van der Waals surface area contributed by atoms with E-state index in [1.807, 2.05) is 0 Å². The molecule has 0 saturated carbocycles. The van der Waals surface area contributed by atoms with Crippen molar-refractivity contribution in [3.63, 3.8) is 0 Å². The maximum atomic E-state index is 13.4. The Morgan fingerprint density at radius 1 is 1.50 bits per heavy atom. The normalized spacial score (nSPS) is 12.3. The summed E-state index contributed by atoms with van der Waals surface area (Å²) in [5.41, 5.74) is 0.532. The molecule has 0 bridgehead atoms. The van der Waals surface area contributed by atoms with Crippen molar-refractivity contribution in [1.29, 1.82) is 0 Å². The van der Waals surface area contributed by atoms with Crippen LogP contribution in [0.15, 0.2) is 22.7 Å². The molecule has 1 aromatic heterocycles. The van der Waals surface area contributed by atoms with Crippen LogP contribution < -0.4 is 0 Å². The molecule has 2 aromatic rings. The van der Waals surface area contributed by atoms with Gasteiger partial charge in [0.1, 0.15) is 5.82 Å². The number of carboxylic acid groups (broad SMARTS) is 1. The smallest absolute Gasteiger partial charge is 0.306 e. The van der Waals surface area contributed by atoms with E-state index in [4.69, 9.17) is 5.11 Å². The van der Waals surface area contributed by atoms with Crippen LogP contribution in [0.4, 0.5) is 4.39 Å². The van der Waals surface area contributed by atoms with Gasteiger partial charge in [-0.05, 0) is 35.0 Å². The fraction of sp³-hybridized carbons (Fsp3) is 0.333. The van der Waals surface area contributed by atoms with Crippen molar-refractivity contribution >= 4 is 21.9 Å². The van der Waals surface area contributed by atoms with Gasteiger partial charge in [0.25, 0.3) is 0 Å². The van der Waals surface area contributed by atoms with Gasteiger partial charge in [-0.15, -0.1) is 5.10 Å². The number of nitrogens with zero attached hydrogens (tertiary/aromatic N) is 4. The maximum Gasteiger partial charge on any atom is 0.306 e. The Balaban J connectivity index is 2.22. The molecule has 0 spiro atoms. The number of aryl methyl sites for hydroxylation is 1. The molecule has 1 unspecified atom stereocenters. The SMILES string of the molecule is CC(CCn1nnnc1-c1cc(F)cc(Br)c1)C(=O)O. The van der Waals surface area contributed by atoms with Crippen LogP contribution in [0.25, 0.3) is 11.4 Å². The van der Waals surface area contributed by atoms with Crippen LogP contribution in [0.2, 0.25) is 0 Å². The highest BCUT2D eigenvalue weighted by molar-refractivity contribution is 9.10. The van der Waals surface area contributed by atoms with E-state index in [0.717, 1.165) is 0 Å². The number of aliphatic carboxylic acids is 1. The molecular weight excluding hydrogens is 331 g/mol. The minimum absolute atomic E-state index is 0.351. The fourth-order valence-corrected chi connectivity index (χ4v) is 2.15. The van der Waals surface area contributed by atoms with Crippen LogP contribution >= 0.6 is 15.9 Å². The van der Waals surface area contributed by atoms with E-state index >= 15 is 0 Å². The van der Waals surface area contributed by atoms with E-state index < -0.39 is 17.7 Å². The molecule has 2 rings (SSSR count). The minimum Gasteiger partial charge on any atom is -0.481 e. The van der Waals surface area contributed by atoms with Crippen molar-refractivity contribution in [3.8, 4) is 11.4 Å². The van der Waals surface area contributed by atoms with Crippen LogP contribution in [0.1, 0.15) is 13.3 Å². The zero-order chi connectivity index (χ0) is 14.7. The number of halogens is 2. The Hall–Kier alpha value is -1.83. The quantitative estimate of drug-likeness (QED) is 0.901. The van der Waals surface area contributed by atoms with Crippen LogP contribution in [0.5, 0.6) is 0 Å². The molecule has 0 aliphatic heterocycles. The van der Waals surface area contributed by atoms with Crippen molar-refractivity contribution in [1.82, 2.24) is 20.2 Å². The summed E-state index contributed by atoms with van der Waals surface area (Å²) in [7, 11) is 0. The summed E-state index contributed by atoms with van der Waals surface area (Å²) in [6.07, 6.45) is 0.393. The zero-order valence-electron chi connectivity index (χ0n) is 10.6. The highest BCUT2D eigenvalue weighted by Gasteiger charge is 2.15. The first-order valence-corrected chi connectivity index (χ1v) is 6.72. The predicted molar refractivity (Wildman–Crippen MR) is 72.3 cm³/mol. The maximum absolute atomic E-state index is 13.4. The highest BCUT2D eigenvalue weighted by atomic mass is 79.9. The third kappa shape index (κ3) is 3.38. The number of hydrogen-bond acceptors (Lipinski definition) is 4. The van der Waals surface area contributed by atoms with Gasteiger partial charge in [0.15, 0.2) is 5.82 Å². The molecule has 20 heavy (non-hydrogen) atoms. The van der Waals surface area contributed by atoms with Crippen LogP contribution in [0, 0.1) is 11.7 Å². The summed E-state index contributed by atoms with van der Waals surface area (Å²) < 4.78 is 15.4. The van der Waals surface area contributed by atoms with E-state index in [2.05, 4.69) is 31.5 Å². The standard InChI is InChI=1S/C12H12BrFN4O2/c1-7(12(19)20)2-3-18-11(15-16-17-18)8-4-9(13)6-10(14)5-8/h4-7H,2-3H2,1H3,(H,19,20). The van der Waals surface area contributed by atoms with Gasteiger partial charge >= 0.3 is 5.97 Å². The molecule has 0 aliphatic rings. The molecule has 1 atom stereocenters. The predicted octanol–water partition coefficient (Wildman–Crippen LogP) is 2.35. The fourth-order valence-electron chi connectivity index (χ4n) is 1.68. The summed E-state index contributed by atoms with van der Waals surface area (Å²) in [6, 6.07) is 4.36. The van der Waals surface area contributed by atoms with Crippen molar-refractivity contribution in [2.24, 2.45) is 5.92 Å². The summed E-state index contributed by atoms with van der Waals surface area (Å²) in [5, 5.41) is 20.1. The number of aromatic nitrogens is 4. The molecule has 1 heterocycles. The second-order valence-corrected chi connectivity index (χ2v) is 5.33. The Labute approximate surface area is 122 Å². The largest absolute Gasteiger partial charge is 0.481 e. The Kier molecular flexibility index (Phi) is 4.43. The first-order chi connectivity index (χ1) is 9.47. The van der Waals surface area contributed by atoms with Gasteiger partial charge in [0.2, 0.25) is 0 Å². The molecule has 1 aromatic carbocycles. The molecule has 0 radical (unpaired) electrons. The molecular formula is C12H12BrFN4O2. The van der Waals surface area contributed by atoms with Crippen molar-refractivity contribution in [2.45, 2.75) is 19.9 Å². The minimum atomic E-state index is -0.867. The van der Waals surface area contributed by atoms with E-state index in [0.29, 0.717) is 28.8 Å². The first-order valence-electron chi connectivity index (χ1n) is 5.93. The Bertz CT molecular complexity index is 611. The third-order valence-corrected chi connectivity index (χ3v) is 3.31. The van der Waals surface area contributed by atoms with Crippen LogP contribution in [0.3, 0.4) is 0 Å². The molecule has 0 amide bonds. The Morgan fingerprint density at radius 3 is 2.90 bits per heavy atom. The molecule has 0 fully saturated rings. The lowest BCUT2D eigenvalue weighted by Crippen LogP contribution is -2.14. The van der Waals surface area contributed by atoms with Gasteiger partial charge in [0.05, 0.1) is 5.92 Å².